The zero-order valence-electron chi connectivity index (χ0n) is 20.8. The molecule has 6 nitrogen and oxygen atoms in total. The molecule has 7 heteroatoms. The molecule has 35 heavy (non-hydrogen) atoms. The minimum atomic E-state index is -0.0909. The molecule has 0 atom stereocenters. The molecule has 1 aromatic heterocycles. The van der Waals surface area contributed by atoms with Crippen molar-refractivity contribution in [1.82, 2.24) is 14.8 Å². The van der Waals surface area contributed by atoms with Crippen molar-refractivity contribution in [3.63, 3.8) is 0 Å². The first-order chi connectivity index (χ1) is 16.8. The normalized spacial score (nSPS) is 10.9. The van der Waals surface area contributed by atoms with E-state index in [4.69, 9.17) is 4.74 Å². The monoisotopic (exact) mass is 486 g/mol. The minimum absolute atomic E-state index is 0.0909. The Morgan fingerprint density at radius 3 is 2.20 bits per heavy atom. The van der Waals surface area contributed by atoms with Gasteiger partial charge in [-0.15, -0.1) is 10.2 Å². The van der Waals surface area contributed by atoms with E-state index in [-0.39, 0.29) is 18.3 Å². The summed E-state index contributed by atoms with van der Waals surface area (Å²) in [6.07, 6.45) is 0. The zero-order valence-corrected chi connectivity index (χ0v) is 21.6. The maximum absolute atomic E-state index is 12.7. The van der Waals surface area contributed by atoms with Gasteiger partial charge in [-0.1, -0.05) is 53.7 Å². The van der Waals surface area contributed by atoms with Crippen LogP contribution in [0.3, 0.4) is 0 Å². The molecule has 1 N–H and O–H groups in total. The maximum Gasteiger partial charge on any atom is 0.234 e. The summed E-state index contributed by atoms with van der Waals surface area (Å²) in [5.74, 6) is 1.66. The number of carbonyl (C=O) groups excluding carboxylic acids is 1. The van der Waals surface area contributed by atoms with Gasteiger partial charge in [-0.2, -0.15) is 0 Å². The molecule has 180 valence electrons. The molecule has 4 rings (SSSR count). The van der Waals surface area contributed by atoms with E-state index in [1.54, 1.807) is 0 Å². The highest BCUT2D eigenvalue weighted by atomic mass is 32.2. The van der Waals surface area contributed by atoms with Gasteiger partial charge in [-0.3, -0.25) is 9.36 Å². The summed E-state index contributed by atoms with van der Waals surface area (Å²) < 4.78 is 8.13. The summed E-state index contributed by atoms with van der Waals surface area (Å²) in [7, 11) is 0. The molecule has 1 amide bonds. The summed E-state index contributed by atoms with van der Waals surface area (Å²) in [6, 6.07) is 20.2. The van der Waals surface area contributed by atoms with Crippen molar-refractivity contribution >= 4 is 23.4 Å². The van der Waals surface area contributed by atoms with Crippen LogP contribution in [-0.2, 0) is 11.4 Å². The third-order valence-corrected chi connectivity index (χ3v) is 6.51. The highest BCUT2D eigenvalue weighted by Crippen LogP contribution is 2.26. The third-order valence-electron chi connectivity index (χ3n) is 5.58. The van der Waals surface area contributed by atoms with Crippen molar-refractivity contribution in [1.29, 1.82) is 0 Å². The Bertz CT molecular complexity index is 1310. The lowest BCUT2D eigenvalue weighted by atomic mass is 10.1. The molecule has 0 fully saturated rings. The third kappa shape index (κ3) is 6.11. The summed E-state index contributed by atoms with van der Waals surface area (Å²) in [5.41, 5.74) is 7.26. The Morgan fingerprint density at radius 2 is 1.54 bits per heavy atom. The van der Waals surface area contributed by atoms with Gasteiger partial charge >= 0.3 is 0 Å². The molecular weight excluding hydrogens is 456 g/mol. The first-order valence-corrected chi connectivity index (χ1v) is 12.5. The molecular formula is C28H30N4O2S. The van der Waals surface area contributed by atoms with Crippen LogP contribution in [0.2, 0.25) is 0 Å². The highest BCUT2D eigenvalue weighted by molar-refractivity contribution is 7.99. The topological polar surface area (TPSA) is 69.0 Å². The molecule has 4 aromatic rings. The summed E-state index contributed by atoms with van der Waals surface area (Å²) in [5, 5.41) is 12.4. The van der Waals surface area contributed by atoms with Gasteiger partial charge in [-0.05, 0) is 81.1 Å². The van der Waals surface area contributed by atoms with Crippen LogP contribution in [0.4, 0.5) is 5.69 Å². The fraction of sp³-hybridized carbons (Fsp3) is 0.250. The second-order valence-electron chi connectivity index (χ2n) is 8.79. The van der Waals surface area contributed by atoms with Crippen LogP contribution in [0.1, 0.15) is 33.6 Å². The maximum atomic E-state index is 12.7. The smallest absolute Gasteiger partial charge is 0.234 e. The average molecular weight is 487 g/mol. The lowest BCUT2D eigenvalue weighted by Crippen LogP contribution is -2.15. The van der Waals surface area contributed by atoms with E-state index in [0.29, 0.717) is 11.0 Å². The zero-order chi connectivity index (χ0) is 24.9. The van der Waals surface area contributed by atoms with Crippen LogP contribution in [0.5, 0.6) is 5.75 Å². The summed E-state index contributed by atoms with van der Waals surface area (Å²) >= 11 is 1.35. The second-order valence-corrected chi connectivity index (χ2v) is 9.74. The van der Waals surface area contributed by atoms with E-state index in [2.05, 4.69) is 21.6 Å². The van der Waals surface area contributed by atoms with Crippen LogP contribution < -0.4 is 10.1 Å². The Balaban J connectivity index is 1.54. The molecule has 0 unspecified atom stereocenters. The molecule has 0 saturated heterocycles. The van der Waals surface area contributed by atoms with Crippen LogP contribution in [0.15, 0.2) is 65.8 Å². The van der Waals surface area contributed by atoms with Gasteiger partial charge in [0.15, 0.2) is 11.0 Å². The van der Waals surface area contributed by atoms with Crippen molar-refractivity contribution < 1.29 is 9.53 Å². The molecule has 1 heterocycles. The van der Waals surface area contributed by atoms with E-state index in [9.17, 15) is 4.79 Å². The van der Waals surface area contributed by atoms with Gasteiger partial charge < -0.3 is 10.1 Å². The van der Waals surface area contributed by atoms with Gasteiger partial charge in [0.25, 0.3) is 0 Å². The standard InChI is InChI=1S/C28H30N4O2S/c1-18-9-11-24(12-10-18)32-25(16-34-27-21(4)7-6-8-22(27)5)30-31-28(32)35-17-26(33)29-23-14-19(2)13-20(3)15-23/h6-15H,16-17H2,1-5H3,(H,29,33). The van der Waals surface area contributed by atoms with Crippen LogP contribution >= 0.6 is 11.8 Å². The molecule has 0 spiro atoms. The first kappa shape index (κ1) is 24.5. The van der Waals surface area contributed by atoms with E-state index in [0.717, 1.165) is 44.9 Å². The number of rotatable bonds is 8. The number of nitrogens with zero attached hydrogens (tertiary/aromatic N) is 3. The number of amides is 1. The number of para-hydroxylation sites is 1. The number of anilines is 1. The predicted octanol–water partition coefficient (Wildman–Crippen LogP) is 6.12. The SMILES string of the molecule is Cc1ccc(-n2c(COc3c(C)cccc3C)nnc2SCC(=O)Nc2cc(C)cc(C)c2)cc1. The second kappa shape index (κ2) is 10.8. The first-order valence-electron chi connectivity index (χ1n) is 11.5. The van der Waals surface area contributed by atoms with Crippen molar-refractivity contribution in [2.24, 2.45) is 0 Å². The molecule has 0 aliphatic heterocycles. The number of ether oxygens (including phenoxy) is 1. The molecule has 3 aromatic carbocycles. The number of thioether (sulfide) groups is 1. The number of aryl methyl sites for hydroxylation is 5. The number of aromatic nitrogens is 3. The lowest BCUT2D eigenvalue weighted by molar-refractivity contribution is -0.113. The highest BCUT2D eigenvalue weighted by Gasteiger charge is 2.17. The fourth-order valence-corrected chi connectivity index (χ4v) is 4.75. The number of nitrogens with one attached hydrogen (secondary N) is 1. The fourth-order valence-electron chi connectivity index (χ4n) is 3.98. The number of benzene rings is 3. The van der Waals surface area contributed by atoms with Crippen LogP contribution in [0, 0.1) is 34.6 Å². The van der Waals surface area contributed by atoms with E-state index in [1.807, 2.05) is 93.8 Å². The summed E-state index contributed by atoms with van der Waals surface area (Å²) in [4.78, 5) is 12.7. The molecule has 0 aliphatic rings. The number of hydrogen-bond acceptors (Lipinski definition) is 5. The Morgan fingerprint density at radius 1 is 0.886 bits per heavy atom. The largest absolute Gasteiger partial charge is 0.485 e. The van der Waals surface area contributed by atoms with Crippen LogP contribution in [0.25, 0.3) is 5.69 Å². The Hall–Kier alpha value is -3.58. The van der Waals surface area contributed by atoms with Crippen LogP contribution in [-0.4, -0.2) is 26.4 Å². The predicted molar refractivity (Wildman–Crippen MR) is 142 cm³/mol. The number of carbonyl (C=O) groups is 1. The Kier molecular flexibility index (Phi) is 7.56. The van der Waals surface area contributed by atoms with Gasteiger partial charge in [0.05, 0.1) is 5.75 Å². The van der Waals surface area contributed by atoms with Gasteiger partial charge in [0, 0.05) is 11.4 Å². The van der Waals surface area contributed by atoms with Crippen molar-refractivity contribution in [2.45, 2.75) is 46.4 Å². The van der Waals surface area contributed by atoms with Gasteiger partial charge in [0.2, 0.25) is 5.91 Å². The molecule has 0 bridgehead atoms. The van der Waals surface area contributed by atoms with Crippen molar-refractivity contribution in [3.8, 4) is 11.4 Å². The number of hydrogen-bond donors (Lipinski definition) is 1. The van der Waals surface area contributed by atoms with Crippen molar-refractivity contribution in [3.05, 3.63) is 94.3 Å². The summed E-state index contributed by atoms with van der Waals surface area (Å²) in [6.45, 7) is 10.4. The molecule has 0 aliphatic carbocycles. The van der Waals surface area contributed by atoms with E-state index >= 15 is 0 Å². The van der Waals surface area contributed by atoms with Gasteiger partial charge in [-0.25, -0.2) is 0 Å². The van der Waals surface area contributed by atoms with E-state index in [1.165, 1.54) is 11.8 Å². The minimum Gasteiger partial charge on any atom is -0.485 e. The molecule has 0 saturated carbocycles. The Labute approximate surface area is 210 Å². The lowest BCUT2D eigenvalue weighted by Gasteiger charge is -2.14. The average Bonchev–Trinajstić information content (AvgIpc) is 3.20. The van der Waals surface area contributed by atoms with Crippen molar-refractivity contribution in [2.75, 3.05) is 11.1 Å². The molecule has 0 radical (unpaired) electrons. The quantitative estimate of drug-likeness (QED) is 0.304. The van der Waals surface area contributed by atoms with E-state index < -0.39 is 0 Å². The van der Waals surface area contributed by atoms with Gasteiger partial charge in [0.1, 0.15) is 12.4 Å².